The average Bonchev–Trinajstić information content (AvgIpc) is 2.60. The molecule has 1 atom stereocenters. The van der Waals surface area contributed by atoms with Gasteiger partial charge in [0.05, 0.1) is 17.5 Å². The summed E-state index contributed by atoms with van der Waals surface area (Å²) in [4.78, 5) is 14.3. The van der Waals surface area contributed by atoms with Crippen LogP contribution in [0.5, 0.6) is 5.75 Å². The van der Waals surface area contributed by atoms with E-state index in [2.05, 4.69) is 0 Å². The molecule has 0 aliphatic rings. The number of benzene rings is 2. The standard InChI is InChI=1S/C18H22N2O4S/c1-4-24-16-9-5-15(6-10-16)18(21)20(3)13(2)14-7-11-17(12-8-14)25(19,22)23/h5-13H,4H2,1-3H3,(H2,19,22,23). The summed E-state index contributed by atoms with van der Waals surface area (Å²) in [7, 11) is -2.02. The molecular formula is C18H22N2O4S. The summed E-state index contributed by atoms with van der Waals surface area (Å²) < 4.78 is 28.0. The van der Waals surface area contributed by atoms with Crippen LogP contribution in [-0.4, -0.2) is 32.9 Å². The Morgan fingerprint density at radius 3 is 2.16 bits per heavy atom. The fraction of sp³-hybridized carbons (Fsp3) is 0.278. The van der Waals surface area contributed by atoms with Crippen LogP contribution in [0.15, 0.2) is 53.4 Å². The maximum atomic E-state index is 12.6. The van der Waals surface area contributed by atoms with Crippen molar-refractivity contribution in [2.45, 2.75) is 24.8 Å². The Kier molecular flexibility index (Phi) is 5.81. The molecule has 1 unspecified atom stereocenters. The largest absolute Gasteiger partial charge is 0.494 e. The molecule has 0 radical (unpaired) electrons. The molecule has 0 spiro atoms. The first-order valence-corrected chi connectivity index (χ1v) is 9.41. The van der Waals surface area contributed by atoms with Crippen LogP contribution in [0.4, 0.5) is 0 Å². The minimum atomic E-state index is -3.73. The van der Waals surface area contributed by atoms with Crippen LogP contribution in [0.25, 0.3) is 0 Å². The number of rotatable bonds is 6. The summed E-state index contributed by atoms with van der Waals surface area (Å²) >= 11 is 0. The van der Waals surface area contributed by atoms with E-state index in [1.165, 1.54) is 12.1 Å². The van der Waals surface area contributed by atoms with Gasteiger partial charge in [-0.2, -0.15) is 0 Å². The van der Waals surface area contributed by atoms with Gasteiger partial charge in [-0.05, 0) is 55.8 Å². The normalized spacial score (nSPS) is 12.5. The molecular weight excluding hydrogens is 340 g/mol. The first kappa shape index (κ1) is 19.0. The zero-order chi connectivity index (χ0) is 18.6. The molecule has 0 aliphatic heterocycles. The highest BCUT2D eigenvalue weighted by Gasteiger charge is 2.19. The zero-order valence-corrected chi connectivity index (χ0v) is 15.3. The molecule has 2 aromatic rings. The van der Waals surface area contributed by atoms with Crippen molar-refractivity contribution < 1.29 is 17.9 Å². The van der Waals surface area contributed by atoms with Gasteiger partial charge in [-0.25, -0.2) is 13.6 Å². The molecule has 0 saturated carbocycles. The number of nitrogens with zero attached hydrogens (tertiary/aromatic N) is 1. The third-order valence-corrected chi connectivity index (χ3v) is 4.93. The van der Waals surface area contributed by atoms with Crippen molar-refractivity contribution >= 4 is 15.9 Å². The highest BCUT2D eigenvalue weighted by molar-refractivity contribution is 7.89. The number of hydrogen-bond acceptors (Lipinski definition) is 4. The molecule has 0 bridgehead atoms. The third kappa shape index (κ3) is 4.58. The zero-order valence-electron chi connectivity index (χ0n) is 14.5. The van der Waals surface area contributed by atoms with E-state index in [4.69, 9.17) is 9.88 Å². The maximum absolute atomic E-state index is 12.6. The lowest BCUT2D eigenvalue weighted by Crippen LogP contribution is -2.29. The maximum Gasteiger partial charge on any atom is 0.254 e. The molecule has 2 aromatic carbocycles. The van der Waals surface area contributed by atoms with Gasteiger partial charge >= 0.3 is 0 Å². The van der Waals surface area contributed by atoms with E-state index in [0.29, 0.717) is 17.9 Å². The van der Waals surface area contributed by atoms with Crippen LogP contribution in [-0.2, 0) is 10.0 Å². The third-order valence-electron chi connectivity index (χ3n) is 4.00. The van der Waals surface area contributed by atoms with E-state index in [9.17, 15) is 13.2 Å². The second-order valence-corrected chi connectivity index (χ2v) is 7.22. The summed E-state index contributed by atoms with van der Waals surface area (Å²) in [6.07, 6.45) is 0. The Balaban J connectivity index is 2.15. The molecule has 2 rings (SSSR count). The smallest absolute Gasteiger partial charge is 0.254 e. The summed E-state index contributed by atoms with van der Waals surface area (Å²) in [5.41, 5.74) is 1.37. The number of nitrogens with two attached hydrogens (primary N) is 1. The fourth-order valence-corrected chi connectivity index (χ4v) is 2.91. The molecule has 0 saturated heterocycles. The van der Waals surface area contributed by atoms with E-state index in [0.717, 1.165) is 5.56 Å². The van der Waals surface area contributed by atoms with E-state index < -0.39 is 10.0 Å². The van der Waals surface area contributed by atoms with Gasteiger partial charge in [0.1, 0.15) is 5.75 Å². The van der Waals surface area contributed by atoms with Crippen molar-refractivity contribution in [2.75, 3.05) is 13.7 Å². The molecule has 25 heavy (non-hydrogen) atoms. The fourth-order valence-electron chi connectivity index (χ4n) is 2.40. The monoisotopic (exact) mass is 362 g/mol. The predicted octanol–water partition coefficient (Wildman–Crippen LogP) is 2.57. The lowest BCUT2D eigenvalue weighted by atomic mass is 10.1. The van der Waals surface area contributed by atoms with Gasteiger partial charge < -0.3 is 9.64 Å². The predicted molar refractivity (Wildman–Crippen MR) is 95.9 cm³/mol. The number of ether oxygens (including phenoxy) is 1. The second kappa shape index (κ2) is 7.67. The van der Waals surface area contributed by atoms with Crippen LogP contribution in [0.2, 0.25) is 0 Å². The molecule has 1 amide bonds. The van der Waals surface area contributed by atoms with E-state index in [-0.39, 0.29) is 16.8 Å². The highest BCUT2D eigenvalue weighted by Crippen LogP contribution is 2.23. The van der Waals surface area contributed by atoms with Gasteiger partial charge in [0, 0.05) is 12.6 Å². The van der Waals surface area contributed by atoms with E-state index in [1.807, 2.05) is 13.8 Å². The van der Waals surface area contributed by atoms with Gasteiger partial charge in [0.25, 0.3) is 5.91 Å². The van der Waals surface area contributed by atoms with Gasteiger partial charge in [-0.3, -0.25) is 4.79 Å². The SMILES string of the molecule is CCOc1ccc(C(=O)N(C)C(C)c2ccc(S(N)(=O)=O)cc2)cc1. The number of sulfonamides is 1. The van der Waals surface area contributed by atoms with Crippen LogP contribution in [0, 0.1) is 0 Å². The number of amides is 1. The summed E-state index contributed by atoms with van der Waals surface area (Å²) in [6.45, 7) is 4.34. The molecule has 134 valence electrons. The summed E-state index contributed by atoms with van der Waals surface area (Å²) in [5.74, 6) is 0.583. The Hall–Kier alpha value is -2.38. The Morgan fingerprint density at radius 2 is 1.68 bits per heavy atom. The molecule has 2 N–H and O–H groups in total. The van der Waals surface area contributed by atoms with Crippen molar-refractivity contribution in [3.63, 3.8) is 0 Å². The Labute approximate surface area is 148 Å². The Bertz CT molecular complexity index is 830. The summed E-state index contributed by atoms with van der Waals surface area (Å²) in [6, 6.07) is 12.9. The number of carbonyl (C=O) groups excluding carboxylic acids is 1. The average molecular weight is 362 g/mol. The van der Waals surface area contributed by atoms with Crippen LogP contribution < -0.4 is 9.88 Å². The minimum absolute atomic E-state index is 0.0453. The molecule has 0 aliphatic carbocycles. The van der Waals surface area contributed by atoms with Crippen molar-refractivity contribution in [3.05, 3.63) is 59.7 Å². The topological polar surface area (TPSA) is 89.7 Å². The van der Waals surface area contributed by atoms with Crippen molar-refractivity contribution in [3.8, 4) is 5.75 Å². The lowest BCUT2D eigenvalue weighted by molar-refractivity contribution is 0.0742. The number of primary sulfonamides is 1. The van der Waals surface area contributed by atoms with Gasteiger partial charge in [0.2, 0.25) is 10.0 Å². The Morgan fingerprint density at radius 1 is 1.12 bits per heavy atom. The first-order valence-electron chi connectivity index (χ1n) is 7.86. The molecule has 0 heterocycles. The van der Waals surface area contributed by atoms with Gasteiger partial charge in [0.15, 0.2) is 0 Å². The van der Waals surface area contributed by atoms with Crippen molar-refractivity contribution in [2.24, 2.45) is 5.14 Å². The van der Waals surface area contributed by atoms with E-state index in [1.54, 1.807) is 48.3 Å². The second-order valence-electron chi connectivity index (χ2n) is 5.66. The van der Waals surface area contributed by atoms with E-state index >= 15 is 0 Å². The quantitative estimate of drug-likeness (QED) is 0.855. The minimum Gasteiger partial charge on any atom is -0.494 e. The van der Waals surface area contributed by atoms with Crippen LogP contribution in [0.1, 0.15) is 35.8 Å². The van der Waals surface area contributed by atoms with Crippen LogP contribution >= 0.6 is 0 Å². The highest BCUT2D eigenvalue weighted by atomic mass is 32.2. The summed E-state index contributed by atoms with van der Waals surface area (Å²) in [5, 5.41) is 5.10. The van der Waals surface area contributed by atoms with Gasteiger partial charge in [-0.15, -0.1) is 0 Å². The molecule has 0 fully saturated rings. The molecule has 0 aromatic heterocycles. The van der Waals surface area contributed by atoms with Gasteiger partial charge in [-0.1, -0.05) is 12.1 Å². The molecule has 7 heteroatoms. The van der Waals surface area contributed by atoms with Crippen molar-refractivity contribution in [1.29, 1.82) is 0 Å². The number of carbonyl (C=O) groups is 1. The lowest BCUT2D eigenvalue weighted by Gasteiger charge is -2.25. The van der Waals surface area contributed by atoms with Crippen molar-refractivity contribution in [1.82, 2.24) is 4.90 Å². The first-order chi connectivity index (χ1) is 11.7. The molecule has 6 nitrogen and oxygen atoms in total. The number of hydrogen-bond donors (Lipinski definition) is 1. The van der Waals surface area contributed by atoms with Crippen LogP contribution in [0.3, 0.4) is 0 Å².